The smallest absolute Gasteiger partial charge is 0.337 e. The van der Waals surface area contributed by atoms with Crippen LogP contribution in [0.1, 0.15) is 34.5 Å². The van der Waals surface area contributed by atoms with E-state index >= 15 is 0 Å². The average Bonchev–Trinajstić information content (AvgIpc) is 2.47. The van der Waals surface area contributed by atoms with Gasteiger partial charge < -0.3 is 10.4 Å². The molecule has 0 aliphatic rings. The van der Waals surface area contributed by atoms with Crippen molar-refractivity contribution in [1.82, 2.24) is 0 Å². The molecule has 1 unspecified atom stereocenters. The monoisotopic (exact) mass is 266 g/mol. The first kappa shape index (κ1) is 13.6. The van der Waals surface area contributed by atoms with Gasteiger partial charge in [-0.05, 0) is 36.8 Å². The molecule has 0 bridgehead atoms. The maximum absolute atomic E-state index is 11.1. The van der Waals surface area contributed by atoms with Crippen molar-refractivity contribution in [3.8, 4) is 6.07 Å². The van der Waals surface area contributed by atoms with Crippen LogP contribution in [0.5, 0.6) is 0 Å². The predicted molar refractivity (Wildman–Crippen MR) is 76.6 cm³/mol. The van der Waals surface area contributed by atoms with E-state index < -0.39 is 5.97 Å². The van der Waals surface area contributed by atoms with Crippen molar-refractivity contribution in [2.24, 2.45) is 0 Å². The summed E-state index contributed by atoms with van der Waals surface area (Å²) < 4.78 is 0. The fraction of sp³-hybridized carbons (Fsp3) is 0.125. The van der Waals surface area contributed by atoms with Crippen LogP contribution in [0.15, 0.2) is 48.5 Å². The molecular weight excluding hydrogens is 252 g/mol. The molecule has 2 aromatic carbocycles. The third kappa shape index (κ3) is 2.96. The zero-order valence-corrected chi connectivity index (χ0v) is 11.0. The average molecular weight is 266 g/mol. The first-order valence-corrected chi connectivity index (χ1v) is 6.20. The predicted octanol–water partition coefficient (Wildman–Crippen LogP) is 3.43. The molecule has 0 heterocycles. The second kappa shape index (κ2) is 5.89. The molecule has 2 rings (SSSR count). The van der Waals surface area contributed by atoms with Crippen molar-refractivity contribution in [2.45, 2.75) is 13.0 Å². The number of carboxylic acids is 1. The van der Waals surface area contributed by atoms with E-state index in [2.05, 4.69) is 11.4 Å². The van der Waals surface area contributed by atoms with Crippen LogP contribution in [0.25, 0.3) is 0 Å². The van der Waals surface area contributed by atoms with Gasteiger partial charge in [0.15, 0.2) is 0 Å². The normalized spacial score (nSPS) is 11.4. The summed E-state index contributed by atoms with van der Waals surface area (Å²) >= 11 is 0. The molecular formula is C16H14N2O2. The van der Waals surface area contributed by atoms with Gasteiger partial charge in [-0.1, -0.05) is 24.3 Å². The minimum atomic E-state index is -0.958. The molecule has 0 radical (unpaired) electrons. The van der Waals surface area contributed by atoms with Crippen LogP contribution in [-0.2, 0) is 0 Å². The molecule has 0 aliphatic heterocycles. The van der Waals surface area contributed by atoms with Gasteiger partial charge in [-0.2, -0.15) is 5.26 Å². The number of hydrogen-bond acceptors (Lipinski definition) is 3. The molecule has 0 spiro atoms. The Morgan fingerprint density at radius 1 is 1.20 bits per heavy atom. The number of nitriles is 1. The molecule has 20 heavy (non-hydrogen) atoms. The lowest BCUT2D eigenvalue weighted by atomic mass is 10.1. The number of carbonyl (C=O) groups is 1. The topological polar surface area (TPSA) is 73.1 Å². The lowest BCUT2D eigenvalue weighted by molar-refractivity contribution is 0.0698. The van der Waals surface area contributed by atoms with Crippen molar-refractivity contribution in [3.63, 3.8) is 0 Å². The van der Waals surface area contributed by atoms with Gasteiger partial charge in [0, 0.05) is 11.7 Å². The molecule has 2 aromatic rings. The van der Waals surface area contributed by atoms with Gasteiger partial charge in [0.05, 0.1) is 17.2 Å². The second-order valence-electron chi connectivity index (χ2n) is 4.45. The van der Waals surface area contributed by atoms with Gasteiger partial charge in [0.2, 0.25) is 0 Å². The summed E-state index contributed by atoms with van der Waals surface area (Å²) in [6, 6.07) is 16.0. The van der Waals surface area contributed by atoms with E-state index in [-0.39, 0.29) is 11.6 Å². The molecule has 0 aromatic heterocycles. The summed E-state index contributed by atoms with van der Waals surface area (Å²) in [6.45, 7) is 1.94. The van der Waals surface area contributed by atoms with Gasteiger partial charge >= 0.3 is 5.97 Å². The highest BCUT2D eigenvalue weighted by molar-refractivity contribution is 5.94. The van der Waals surface area contributed by atoms with E-state index in [9.17, 15) is 4.79 Å². The Morgan fingerprint density at radius 2 is 1.85 bits per heavy atom. The zero-order chi connectivity index (χ0) is 14.5. The van der Waals surface area contributed by atoms with Gasteiger partial charge in [-0.15, -0.1) is 0 Å². The number of anilines is 1. The Bertz CT molecular complexity index is 657. The van der Waals surface area contributed by atoms with Crippen LogP contribution in [0.2, 0.25) is 0 Å². The van der Waals surface area contributed by atoms with Crippen molar-refractivity contribution >= 4 is 11.7 Å². The van der Waals surface area contributed by atoms with E-state index in [1.807, 2.05) is 19.1 Å². The third-order valence-corrected chi connectivity index (χ3v) is 3.07. The van der Waals surface area contributed by atoms with Crippen LogP contribution in [0.4, 0.5) is 5.69 Å². The lowest BCUT2D eigenvalue weighted by Crippen LogP contribution is -2.10. The van der Waals surface area contributed by atoms with Crippen molar-refractivity contribution in [2.75, 3.05) is 5.32 Å². The molecule has 4 heteroatoms. The summed E-state index contributed by atoms with van der Waals surface area (Å²) in [5, 5.41) is 21.1. The number of rotatable bonds is 4. The maximum Gasteiger partial charge on any atom is 0.337 e. The lowest BCUT2D eigenvalue weighted by Gasteiger charge is -2.17. The second-order valence-corrected chi connectivity index (χ2v) is 4.45. The summed E-state index contributed by atoms with van der Waals surface area (Å²) in [7, 11) is 0. The van der Waals surface area contributed by atoms with Crippen LogP contribution >= 0.6 is 0 Å². The molecule has 100 valence electrons. The van der Waals surface area contributed by atoms with Crippen molar-refractivity contribution in [3.05, 3.63) is 65.2 Å². The quantitative estimate of drug-likeness (QED) is 0.889. The van der Waals surface area contributed by atoms with E-state index in [1.54, 1.807) is 36.4 Å². The van der Waals surface area contributed by atoms with Gasteiger partial charge in [0.1, 0.15) is 0 Å². The molecule has 0 fully saturated rings. The first-order chi connectivity index (χ1) is 9.61. The number of benzene rings is 2. The third-order valence-electron chi connectivity index (χ3n) is 3.07. The van der Waals surface area contributed by atoms with E-state index in [1.165, 1.54) is 0 Å². The summed E-state index contributed by atoms with van der Waals surface area (Å²) in [6.07, 6.45) is 0. The Hall–Kier alpha value is -2.80. The SMILES string of the molecule is CC(Nc1ccccc1C(=O)O)c1ccc(C#N)cc1. The van der Waals surface area contributed by atoms with Crippen LogP contribution < -0.4 is 5.32 Å². The van der Waals surface area contributed by atoms with Crippen LogP contribution in [0.3, 0.4) is 0 Å². The Kier molecular flexibility index (Phi) is 4.02. The maximum atomic E-state index is 11.1. The van der Waals surface area contributed by atoms with Crippen LogP contribution in [-0.4, -0.2) is 11.1 Å². The summed E-state index contributed by atoms with van der Waals surface area (Å²) in [5.41, 5.74) is 2.42. The summed E-state index contributed by atoms with van der Waals surface area (Å²) in [4.78, 5) is 11.1. The molecule has 0 saturated carbocycles. The van der Waals surface area contributed by atoms with Crippen molar-refractivity contribution < 1.29 is 9.90 Å². The fourth-order valence-corrected chi connectivity index (χ4v) is 1.96. The largest absolute Gasteiger partial charge is 0.478 e. The first-order valence-electron chi connectivity index (χ1n) is 6.20. The Labute approximate surface area is 117 Å². The molecule has 0 saturated heterocycles. The minimum Gasteiger partial charge on any atom is -0.478 e. The Morgan fingerprint density at radius 3 is 2.45 bits per heavy atom. The van der Waals surface area contributed by atoms with Crippen molar-refractivity contribution in [1.29, 1.82) is 5.26 Å². The molecule has 4 nitrogen and oxygen atoms in total. The van der Waals surface area contributed by atoms with Gasteiger partial charge in [-0.3, -0.25) is 0 Å². The number of nitrogens with zero attached hydrogens (tertiary/aromatic N) is 1. The number of nitrogens with one attached hydrogen (secondary N) is 1. The number of aromatic carboxylic acids is 1. The van der Waals surface area contributed by atoms with Crippen LogP contribution in [0, 0.1) is 11.3 Å². The minimum absolute atomic E-state index is 0.0526. The van der Waals surface area contributed by atoms with Gasteiger partial charge in [-0.25, -0.2) is 4.79 Å². The molecule has 2 N–H and O–H groups in total. The number of carboxylic acid groups (broad SMARTS) is 1. The summed E-state index contributed by atoms with van der Waals surface area (Å²) in [5.74, 6) is -0.958. The molecule has 0 aliphatic carbocycles. The van der Waals surface area contributed by atoms with E-state index in [4.69, 9.17) is 10.4 Å². The number of para-hydroxylation sites is 1. The number of hydrogen-bond donors (Lipinski definition) is 2. The molecule has 1 atom stereocenters. The molecule has 0 amide bonds. The van der Waals surface area contributed by atoms with Gasteiger partial charge in [0.25, 0.3) is 0 Å². The highest BCUT2D eigenvalue weighted by Gasteiger charge is 2.12. The zero-order valence-electron chi connectivity index (χ0n) is 11.0. The highest BCUT2D eigenvalue weighted by atomic mass is 16.4. The highest BCUT2D eigenvalue weighted by Crippen LogP contribution is 2.22. The van der Waals surface area contributed by atoms with E-state index in [0.717, 1.165) is 5.56 Å². The Balaban J connectivity index is 2.21. The fourth-order valence-electron chi connectivity index (χ4n) is 1.96. The van der Waals surface area contributed by atoms with E-state index in [0.29, 0.717) is 11.3 Å². The standard InChI is InChI=1S/C16H14N2O2/c1-11(13-8-6-12(10-17)7-9-13)18-15-5-3-2-4-14(15)16(19)20/h2-9,11,18H,1H3,(H,19,20).